The number of likely N-dealkylation sites (tertiary alicyclic amines) is 1. The first-order valence-corrected chi connectivity index (χ1v) is 9.01. The predicted molar refractivity (Wildman–Crippen MR) is 99.2 cm³/mol. The zero-order valence-corrected chi connectivity index (χ0v) is 14.8. The summed E-state index contributed by atoms with van der Waals surface area (Å²) in [4.78, 5) is 2.55. The van der Waals surface area contributed by atoms with Crippen LogP contribution in [0.25, 0.3) is 0 Å². The number of hydrogen-bond donors (Lipinski definition) is 0. The molecule has 1 aliphatic rings. The first-order chi connectivity index (χ1) is 11.1. The summed E-state index contributed by atoms with van der Waals surface area (Å²) in [5, 5.41) is 0.183. The normalized spacial score (nSPS) is 21.5. The van der Waals surface area contributed by atoms with E-state index in [0.717, 1.165) is 26.1 Å². The van der Waals surface area contributed by atoms with Gasteiger partial charge in [-0.1, -0.05) is 74.5 Å². The average molecular weight is 328 g/mol. The Bertz CT molecular complexity index is 567. The van der Waals surface area contributed by atoms with Crippen molar-refractivity contribution in [3.63, 3.8) is 0 Å². The van der Waals surface area contributed by atoms with Crippen LogP contribution >= 0.6 is 11.6 Å². The van der Waals surface area contributed by atoms with E-state index in [2.05, 4.69) is 79.4 Å². The minimum Gasteiger partial charge on any atom is -0.300 e. The summed E-state index contributed by atoms with van der Waals surface area (Å²) in [6.07, 6.45) is 0.997. The number of rotatable bonds is 4. The maximum Gasteiger partial charge on any atom is 0.0475 e. The molecule has 3 rings (SSSR count). The predicted octanol–water partition coefficient (Wildman–Crippen LogP) is 4.94. The van der Waals surface area contributed by atoms with E-state index >= 15 is 0 Å². The van der Waals surface area contributed by atoms with Gasteiger partial charge in [-0.2, -0.15) is 0 Å². The highest BCUT2D eigenvalue weighted by Gasteiger charge is 2.41. The summed E-state index contributed by atoms with van der Waals surface area (Å²) >= 11 is 6.74. The van der Waals surface area contributed by atoms with Crippen LogP contribution in [0.1, 0.15) is 31.4 Å². The van der Waals surface area contributed by atoms with E-state index in [0.29, 0.717) is 5.92 Å². The van der Waals surface area contributed by atoms with Crippen molar-refractivity contribution in [3.05, 3.63) is 71.8 Å². The highest BCUT2D eigenvalue weighted by atomic mass is 35.5. The first kappa shape index (κ1) is 16.5. The average Bonchev–Trinajstić information content (AvgIpc) is 2.55. The van der Waals surface area contributed by atoms with Crippen LogP contribution in [0.2, 0.25) is 0 Å². The van der Waals surface area contributed by atoms with Crippen molar-refractivity contribution in [1.82, 2.24) is 4.90 Å². The van der Waals surface area contributed by atoms with E-state index < -0.39 is 0 Å². The second kappa shape index (κ2) is 7.07. The molecule has 1 saturated heterocycles. The third kappa shape index (κ3) is 3.62. The molecule has 0 bridgehead atoms. The molecular weight excluding hydrogens is 302 g/mol. The fourth-order valence-electron chi connectivity index (χ4n) is 3.99. The molecule has 1 nitrogen and oxygen atoms in total. The van der Waals surface area contributed by atoms with Crippen molar-refractivity contribution in [3.8, 4) is 0 Å². The van der Waals surface area contributed by atoms with E-state index in [1.807, 2.05) is 0 Å². The summed E-state index contributed by atoms with van der Waals surface area (Å²) in [5.41, 5.74) is 2.75. The molecule has 1 fully saturated rings. The summed E-state index contributed by atoms with van der Waals surface area (Å²) < 4.78 is 0. The largest absolute Gasteiger partial charge is 0.300 e. The minimum atomic E-state index is -0.0118. The van der Waals surface area contributed by atoms with Crippen LogP contribution in [0.15, 0.2) is 60.7 Å². The van der Waals surface area contributed by atoms with E-state index in [1.54, 1.807) is 0 Å². The van der Waals surface area contributed by atoms with Gasteiger partial charge in [0.2, 0.25) is 0 Å². The van der Waals surface area contributed by atoms with Gasteiger partial charge in [0.1, 0.15) is 0 Å². The van der Waals surface area contributed by atoms with Crippen LogP contribution in [-0.2, 0) is 5.41 Å². The minimum absolute atomic E-state index is 0.0118. The molecule has 2 aromatic rings. The second-order valence-electron chi connectivity index (χ2n) is 7.20. The van der Waals surface area contributed by atoms with E-state index in [-0.39, 0.29) is 10.8 Å². The highest BCUT2D eigenvalue weighted by Crippen LogP contribution is 2.41. The molecular formula is C21H26ClN. The van der Waals surface area contributed by atoms with Gasteiger partial charge in [0.05, 0.1) is 0 Å². The van der Waals surface area contributed by atoms with Gasteiger partial charge in [-0.05, 0) is 23.5 Å². The fraction of sp³-hybridized carbons (Fsp3) is 0.429. The standard InChI is InChI=1S/C21H26ClN/c1-17(2)14-23-15-20(22)13-21(16-23,18-9-5-3-6-10-18)19-11-7-4-8-12-19/h3-12,17,20H,13-16H2,1-2H3. The summed E-state index contributed by atoms with van der Waals surface area (Å²) in [5.74, 6) is 0.654. The Kier molecular flexibility index (Phi) is 5.08. The molecule has 0 aromatic heterocycles. The number of hydrogen-bond acceptors (Lipinski definition) is 1. The topological polar surface area (TPSA) is 3.24 Å². The molecule has 0 aliphatic carbocycles. The SMILES string of the molecule is CC(C)CN1CC(Cl)CC(c2ccccc2)(c2ccccc2)C1. The molecule has 23 heavy (non-hydrogen) atoms. The van der Waals surface area contributed by atoms with Gasteiger partial charge in [0.25, 0.3) is 0 Å². The Balaban J connectivity index is 2.05. The monoisotopic (exact) mass is 327 g/mol. The maximum absolute atomic E-state index is 6.74. The van der Waals surface area contributed by atoms with Crippen molar-refractivity contribution in [2.75, 3.05) is 19.6 Å². The lowest BCUT2D eigenvalue weighted by Crippen LogP contribution is -2.51. The maximum atomic E-state index is 6.74. The molecule has 0 saturated carbocycles. The van der Waals surface area contributed by atoms with E-state index in [1.165, 1.54) is 11.1 Å². The van der Waals surface area contributed by atoms with Crippen LogP contribution in [0.4, 0.5) is 0 Å². The van der Waals surface area contributed by atoms with E-state index in [9.17, 15) is 0 Å². The Labute approximate surface area is 145 Å². The van der Waals surface area contributed by atoms with Crippen molar-refractivity contribution < 1.29 is 0 Å². The van der Waals surface area contributed by atoms with Gasteiger partial charge in [-0.25, -0.2) is 0 Å². The smallest absolute Gasteiger partial charge is 0.0475 e. The number of halogens is 1. The quantitative estimate of drug-likeness (QED) is 0.719. The van der Waals surface area contributed by atoms with E-state index in [4.69, 9.17) is 11.6 Å². The summed E-state index contributed by atoms with van der Waals surface area (Å²) in [7, 11) is 0. The summed E-state index contributed by atoms with van der Waals surface area (Å²) in [6, 6.07) is 21.8. The molecule has 0 N–H and O–H groups in total. The zero-order valence-electron chi connectivity index (χ0n) is 14.1. The van der Waals surface area contributed by atoms with Gasteiger partial charge in [-0.15, -0.1) is 11.6 Å². The molecule has 0 radical (unpaired) electrons. The molecule has 122 valence electrons. The number of nitrogens with zero attached hydrogens (tertiary/aromatic N) is 1. The van der Waals surface area contributed by atoms with Crippen LogP contribution in [-0.4, -0.2) is 29.9 Å². The molecule has 2 heteroatoms. The van der Waals surface area contributed by atoms with Gasteiger partial charge in [0.15, 0.2) is 0 Å². The molecule has 1 aliphatic heterocycles. The highest BCUT2D eigenvalue weighted by molar-refractivity contribution is 6.21. The Morgan fingerprint density at radius 1 is 1.00 bits per heavy atom. The molecule has 1 heterocycles. The lowest BCUT2D eigenvalue weighted by atomic mass is 9.69. The lowest BCUT2D eigenvalue weighted by Gasteiger charge is -2.46. The second-order valence-corrected chi connectivity index (χ2v) is 7.82. The molecule has 1 atom stereocenters. The molecule has 0 amide bonds. The Hall–Kier alpha value is -1.31. The van der Waals surface area contributed by atoms with Crippen molar-refractivity contribution in [2.24, 2.45) is 5.92 Å². The third-order valence-electron chi connectivity index (χ3n) is 4.80. The van der Waals surface area contributed by atoms with Crippen LogP contribution in [0.5, 0.6) is 0 Å². The van der Waals surface area contributed by atoms with Gasteiger partial charge in [0, 0.05) is 30.4 Å². The molecule has 2 aromatic carbocycles. The van der Waals surface area contributed by atoms with Crippen molar-refractivity contribution in [1.29, 1.82) is 0 Å². The lowest BCUT2D eigenvalue weighted by molar-refractivity contribution is 0.156. The Morgan fingerprint density at radius 2 is 1.52 bits per heavy atom. The number of alkyl halides is 1. The van der Waals surface area contributed by atoms with Gasteiger partial charge < -0.3 is 4.90 Å². The van der Waals surface area contributed by atoms with Crippen LogP contribution < -0.4 is 0 Å². The van der Waals surface area contributed by atoms with Crippen LogP contribution in [0.3, 0.4) is 0 Å². The van der Waals surface area contributed by atoms with Gasteiger partial charge in [-0.3, -0.25) is 0 Å². The third-order valence-corrected chi connectivity index (χ3v) is 5.09. The number of benzene rings is 2. The summed E-state index contributed by atoms with van der Waals surface area (Å²) in [6.45, 7) is 7.70. The zero-order chi connectivity index (χ0) is 16.3. The fourth-order valence-corrected chi connectivity index (χ4v) is 4.45. The first-order valence-electron chi connectivity index (χ1n) is 8.57. The Morgan fingerprint density at radius 3 is 2.00 bits per heavy atom. The van der Waals surface area contributed by atoms with Crippen LogP contribution in [0, 0.1) is 5.92 Å². The molecule has 1 unspecified atom stereocenters. The van der Waals surface area contributed by atoms with Crippen molar-refractivity contribution in [2.45, 2.75) is 31.1 Å². The number of piperidine rings is 1. The van der Waals surface area contributed by atoms with Crippen molar-refractivity contribution >= 4 is 11.6 Å². The molecule has 0 spiro atoms. The van der Waals surface area contributed by atoms with Gasteiger partial charge >= 0.3 is 0 Å².